The molecule has 3 heterocycles. The minimum absolute atomic E-state index is 0.0271. The quantitative estimate of drug-likeness (QED) is 0.217. The molecule has 1 saturated heterocycles. The van der Waals surface area contributed by atoms with Crippen molar-refractivity contribution in [2.45, 2.75) is 32.1 Å². The zero-order chi connectivity index (χ0) is 31.0. The van der Waals surface area contributed by atoms with Crippen LogP contribution in [0.25, 0.3) is 22.4 Å². The summed E-state index contributed by atoms with van der Waals surface area (Å²) < 4.78 is 72.0. The van der Waals surface area contributed by atoms with Gasteiger partial charge in [0.05, 0.1) is 52.6 Å². The molecule has 0 amide bonds. The molecule has 2 aromatic heterocycles. The standard InChI is InChI=1S/C31H21F4N5O4/c32-22-7-16(12-36)1-2-18(22)15-44-30-25(35)13-37-29(39-30)21-11-23(33)19(8-24(21)34)10-28-38-26-4-3-17(31(41)42)9-27(26)40(28)14-20-5-6-43-20/h1-4,7-9,11,13,20H,5-6,10,14-15H2,(H,41,42)/t20-/m0/s1. The molecule has 0 aliphatic carbocycles. The summed E-state index contributed by atoms with van der Waals surface area (Å²) in [6.07, 6.45) is 1.28. The molecule has 5 aromatic rings. The van der Waals surface area contributed by atoms with Gasteiger partial charge in [0.1, 0.15) is 29.9 Å². The number of carboxylic acids is 1. The van der Waals surface area contributed by atoms with Gasteiger partial charge in [0.2, 0.25) is 5.82 Å². The van der Waals surface area contributed by atoms with Gasteiger partial charge in [-0.3, -0.25) is 0 Å². The first-order valence-corrected chi connectivity index (χ1v) is 13.4. The molecule has 1 aliphatic heterocycles. The Labute approximate surface area is 247 Å². The van der Waals surface area contributed by atoms with E-state index >= 15 is 8.78 Å². The fraction of sp³-hybridized carbons (Fsp3) is 0.194. The van der Waals surface area contributed by atoms with Crippen LogP contribution in [0.3, 0.4) is 0 Å². The van der Waals surface area contributed by atoms with Gasteiger partial charge in [-0.05, 0) is 54.4 Å². The highest BCUT2D eigenvalue weighted by Crippen LogP contribution is 2.29. The first kappa shape index (κ1) is 28.8. The molecule has 0 bridgehead atoms. The van der Waals surface area contributed by atoms with Crippen LogP contribution in [0.4, 0.5) is 17.6 Å². The van der Waals surface area contributed by atoms with Crippen molar-refractivity contribution >= 4 is 17.0 Å². The fourth-order valence-corrected chi connectivity index (χ4v) is 4.80. The number of fused-ring (bicyclic) bond motifs is 1. The number of benzene rings is 3. The third-order valence-electron chi connectivity index (χ3n) is 7.24. The summed E-state index contributed by atoms with van der Waals surface area (Å²) in [5.41, 5.74) is 0.814. The predicted octanol–water partition coefficient (Wildman–Crippen LogP) is 5.58. The second-order valence-electron chi connectivity index (χ2n) is 10.1. The lowest BCUT2D eigenvalue weighted by molar-refractivity contribution is -0.0589. The van der Waals surface area contributed by atoms with E-state index in [2.05, 4.69) is 15.0 Å². The van der Waals surface area contributed by atoms with Crippen LogP contribution in [-0.4, -0.2) is 43.3 Å². The highest BCUT2D eigenvalue weighted by molar-refractivity contribution is 5.92. The second kappa shape index (κ2) is 11.7. The van der Waals surface area contributed by atoms with Gasteiger partial charge < -0.3 is 19.1 Å². The van der Waals surface area contributed by atoms with Crippen LogP contribution in [0.15, 0.2) is 54.7 Å². The Hall–Kier alpha value is -5.35. The normalized spacial score (nSPS) is 14.3. The Morgan fingerprint density at radius 2 is 1.82 bits per heavy atom. The number of aromatic nitrogens is 4. The van der Waals surface area contributed by atoms with Crippen molar-refractivity contribution in [3.05, 3.63) is 106 Å². The summed E-state index contributed by atoms with van der Waals surface area (Å²) in [4.78, 5) is 23.8. The molecule has 222 valence electrons. The van der Waals surface area contributed by atoms with Gasteiger partial charge in [-0.15, -0.1) is 0 Å². The summed E-state index contributed by atoms with van der Waals surface area (Å²) in [6, 6.07) is 11.8. The minimum atomic E-state index is -1.11. The van der Waals surface area contributed by atoms with Crippen molar-refractivity contribution in [2.75, 3.05) is 6.61 Å². The number of halogens is 4. The molecule has 0 saturated carbocycles. The first-order chi connectivity index (χ1) is 21.2. The Balaban J connectivity index is 1.28. The van der Waals surface area contributed by atoms with E-state index in [0.29, 0.717) is 30.0 Å². The minimum Gasteiger partial charge on any atom is -0.478 e. The van der Waals surface area contributed by atoms with E-state index in [-0.39, 0.29) is 46.2 Å². The molecular formula is C31H21F4N5O4. The number of carboxylic acid groups (broad SMARTS) is 1. The van der Waals surface area contributed by atoms with E-state index in [1.54, 1.807) is 16.7 Å². The number of aromatic carboxylic acids is 1. The van der Waals surface area contributed by atoms with Crippen LogP contribution in [-0.2, 0) is 24.3 Å². The van der Waals surface area contributed by atoms with Crippen LogP contribution < -0.4 is 4.74 Å². The van der Waals surface area contributed by atoms with Crippen molar-refractivity contribution in [3.8, 4) is 23.3 Å². The van der Waals surface area contributed by atoms with Crippen molar-refractivity contribution in [1.29, 1.82) is 5.26 Å². The molecule has 13 heteroatoms. The molecule has 0 unspecified atom stereocenters. The van der Waals surface area contributed by atoms with Gasteiger partial charge in [-0.25, -0.2) is 27.9 Å². The van der Waals surface area contributed by atoms with Crippen molar-refractivity contribution in [1.82, 2.24) is 19.5 Å². The van der Waals surface area contributed by atoms with Crippen LogP contribution >= 0.6 is 0 Å². The molecule has 6 rings (SSSR count). The van der Waals surface area contributed by atoms with Crippen molar-refractivity contribution in [3.63, 3.8) is 0 Å². The average Bonchev–Trinajstić information content (AvgIpc) is 3.32. The molecular weight excluding hydrogens is 582 g/mol. The molecule has 1 atom stereocenters. The molecule has 0 radical (unpaired) electrons. The highest BCUT2D eigenvalue weighted by Gasteiger charge is 2.24. The summed E-state index contributed by atoms with van der Waals surface area (Å²) in [5.74, 6) is -5.12. The number of carbonyl (C=O) groups is 1. The molecule has 9 nitrogen and oxygen atoms in total. The van der Waals surface area contributed by atoms with Gasteiger partial charge in [0, 0.05) is 18.6 Å². The van der Waals surface area contributed by atoms with E-state index in [1.807, 2.05) is 0 Å². The predicted molar refractivity (Wildman–Crippen MR) is 147 cm³/mol. The Morgan fingerprint density at radius 1 is 1.02 bits per heavy atom. The zero-order valence-electron chi connectivity index (χ0n) is 22.7. The van der Waals surface area contributed by atoms with Gasteiger partial charge in [0.25, 0.3) is 5.88 Å². The number of ether oxygens (including phenoxy) is 2. The van der Waals surface area contributed by atoms with E-state index in [0.717, 1.165) is 30.8 Å². The van der Waals surface area contributed by atoms with Gasteiger partial charge in [-0.1, -0.05) is 6.07 Å². The summed E-state index contributed by atoms with van der Waals surface area (Å²) in [7, 11) is 0. The monoisotopic (exact) mass is 603 g/mol. The largest absolute Gasteiger partial charge is 0.478 e. The molecule has 1 N–H and O–H groups in total. The second-order valence-corrected chi connectivity index (χ2v) is 10.1. The Morgan fingerprint density at radius 3 is 2.52 bits per heavy atom. The number of rotatable bonds is 9. The fourth-order valence-electron chi connectivity index (χ4n) is 4.80. The maximum Gasteiger partial charge on any atom is 0.335 e. The zero-order valence-corrected chi connectivity index (χ0v) is 22.7. The third kappa shape index (κ3) is 5.67. The smallest absolute Gasteiger partial charge is 0.335 e. The average molecular weight is 604 g/mol. The molecule has 1 fully saturated rings. The molecule has 44 heavy (non-hydrogen) atoms. The molecule has 0 spiro atoms. The maximum atomic E-state index is 15.4. The Bertz CT molecular complexity index is 1970. The van der Waals surface area contributed by atoms with Crippen LogP contribution in [0.5, 0.6) is 5.88 Å². The van der Waals surface area contributed by atoms with E-state index in [1.165, 1.54) is 24.3 Å². The SMILES string of the molecule is N#Cc1ccc(COc2nc(-c3cc(F)c(Cc4nc5ccc(C(=O)O)cc5n4C[C@@H]4CCO4)cc3F)ncc2F)c(F)c1. The number of hydrogen-bond donors (Lipinski definition) is 1. The number of nitriles is 1. The first-order valence-electron chi connectivity index (χ1n) is 13.4. The van der Waals surface area contributed by atoms with Crippen LogP contribution in [0.2, 0.25) is 0 Å². The van der Waals surface area contributed by atoms with E-state index in [9.17, 15) is 18.7 Å². The third-order valence-corrected chi connectivity index (χ3v) is 7.24. The van der Waals surface area contributed by atoms with Crippen molar-refractivity contribution < 1.29 is 36.9 Å². The highest BCUT2D eigenvalue weighted by atomic mass is 19.1. The lowest BCUT2D eigenvalue weighted by Crippen LogP contribution is -2.31. The Kier molecular flexibility index (Phi) is 7.67. The molecule has 1 aliphatic rings. The van der Waals surface area contributed by atoms with Crippen LogP contribution in [0, 0.1) is 34.6 Å². The van der Waals surface area contributed by atoms with E-state index < -0.39 is 41.7 Å². The summed E-state index contributed by atoms with van der Waals surface area (Å²) in [6.45, 7) is 0.510. The number of hydrogen-bond acceptors (Lipinski definition) is 7. The topological polar surface area (TPSA) is 123 Å². The summed E-state index contributed by atoms with van der Waals surface area (Å²) >= 11 is 0. The summed E-state index contributed by atoms with van der Waals surface area (Å²) in [5, 5.41) is 18.3. The van der Waals surface area contributed by atoms with Gasteiger partial charge >= 0.3 is 5.97 Å². The number of nitrogens with zero attached hydrogens (tertiary/aromatic N) is 5. The van der Waals surface area contributed by atoms with Crippen molar-refractivity contribution in [2.24, 2.45) is 0 Å². The molecule has 3 aromatic carbocycles. The van der Waals surface area contributed by atoms with Gasteiger partial charge in [-0.2, -0.15) is 14.6 Å². The van der Waals surface area contributed by atoms with Crippen LogP contribution in [0.1, 0.15) is 39.3 Å². The lowest BCUT2D eigenvalue weighted by atomic mass is 10.1. The van der Waals surface area contributed by atoms with Gasteiger partial charge in [0.15, 0.2) is 5.82 Å². The maximum absolute atomic E-state index is 15.4. The van der Waals surface area contributed by atoms with E-state index in [4.69, 9.17) is 14.7 Å². The number of imidazole rings is 1. The lowest BCUT2D eigenvalue weighted by Gasteiger charge is -2.27.